The van der Waals surface area contributed by atoms with Gasteiger partial charge in [-0.2, -0.15) is 0 Å². The van der Waals surface area contributed by atoms with Crippen molar-refractivity contribution in [3.05, 3.63) is 12.7 Å². The monoisotopic (exact) mass is 200 g/mol. The maximum absolute atomic E-state index is 11.7. The van der Waals surface area contributed by atoms with E-state index in [2.05, 4.69) is 6.58 Å². The number of hydrogen-bond acceptors (Lipinski definition) is 3. The summed E-state index contributed by atoms with van der Waals surface area (Å²) in [6.45, 7) is 6.26. The maximum Gasteiger partial charge on any atom is 0.239 e. The van der Waals surface area contributed by atoms with Crippen molar-refractivity contribution in [2.45, 2.75) is 25.8 Å². The van der Waals surface area contributed by atoms with Gasteiger partial charge < -0.3 is 15.7 Å². The zero-order chi connectivity index (χ0) is 11.0. The van der Waals surface area contributed by atoms with Gasteiger partial charge in [-0.05, 0) is 6.42 Å². The number of rotatable bonds is 7. The van der Waals surface area contributed by atoms with Gasteiger partial charge in [0.15, 0.2) is 0 Å². The van der Waals surface area contributed by atoms with Crippen molar-refractivity contribution in [3.63, 3.8) is 0 Å². The molecule has 0 heterocycles. The van der Waals surface area contributed by atoms with Crippen molar-refractivity contribution in [1.29, 1.82) is 0 Å². The van der Waals surface area contributed by atoms with Crippen molar-refractivity contribution in [2.24, 2.45) is 5.73 Å². The predicted octanol–water partition coefficient (Wildman–Crippen LogP) is 0.121. The Balaban J connectivity index is 4.18. The minimum Gasteiger partial charge on any atom is -0.395 e. The highest BCUT2D eigenvalue weighted by atomic mass is 16.3. The highest BCUT2D eigenvalue weighted by Crippen LogP contribution is 2.00. The second kappa shape index (κ2) is 7.53. The third-order valence-corrected chi connectivity index (χ3v) is 1.95. The first kappa shape index (κ1) is 13.1. The normalized spacial score (nSPS) is 12.2. The molecule has 0 unspecified atom stereocenters. The van der Waals surface area contributed by atoms with Crippen molar-refractivity contribution < 1.29 is 9.90 Å². The van der Waals surface area contributed by atoms with E-state index in [4.69, 9.17) is 10.8 Å². The van der Waals surface area contributed by atoms with E-state index in [9.17, 15) is 4.79 Å². The van der Waals surface area contributed by atoms with E-state index in [-0.39, 0.29) is 12.5 Å². The van der Waals surface area contributed by atoms with Gasteiger partial charge >= 0.3 is 0 Å². The molecule has 0 aliphatic carbocycles. The number of carbonyl (C=O) groups is 1. The fourth-order valence-electron chi connectivity index (χ4n) is 1.24. The van der Waals surface area contributed by atoms with E-state index >= 15 is 0 Å². The lowest BCUT2D eigenvalue weighted by molar-refractivity contribution is -0.132. The standard InChI is InChI=1S/C10H20N2O2/c1-3-5-9(11)10(14)12(6-4-2)7-8-13/h4,9,13H,2-3,5-8,11H2,1H3/t9-/m0/s1. The van der Waals surface area contributed by atoms with Gasteiger partial charge in [-0.1, -0.05) is 19.4 Å². The number of hydrogen-bond donors (Lipinski definition) is 2. The Morgan fingerprint density at radius 3 is 2.79 bits per heavy atom. The van der Waals surface area contributed by atoms with E-state index in [0.717, 1.165) is 6.42 Å². The second-order valence-corrected chi connectivity index (χ2v) is 3.19. The van der Waals surface area contributed by atoms with Gasteiger partial charge in [0.1, 0.15) is 0 Å². The van der Waals surface area contributed by atoms with Crippen LogP contribution in [0, 0.1) is 0 Å². The maximum atomic E-state index is 11.7. The molecule has 82 valence electrons. The average Bonchev–Trinajstić information content (AvgIpc) is 2.17. The number of nitrogens with two attached hydrogens (primary N) is 1. The van der Waals surface area contributed by atoms with E-state index < -0.39 is 6.04 Å². The van der Waals surface area contributed by atoms with Crippen LogP contribution in [0.1, 0.15) is 19.8 Å². The molecular formula is C10H20N2O2. The second-order valence-electron chi connectivity index (χ2n) is 3.19. The molecule has 0 rings (SSSR count). The highest BCUT2D eigenvalue weighted by Gasteiger charge is 2.18. The fourth-order valence-corrected chi connectivity index (χ4v) is 1.24. The van der Waals surface area contributed by atoms with E-state index in [0.29, 0.717) is 19.5 Å². The molecule has 3 N–H and O–H groups in total. The summed E-state index contributed by atoms with van der Waals surface area (Å²) in [6, 6.07) is -0.452. The summed E-state index contributed by atoms with van der Waals surface area (Å²) >= 11 is 0. The molecule has 0 aliphatic heterocycles. The Hall–Kier alpha value is -0.870. The number of carbonyl (C=O) groups excluding carboxylic acids is 1. The molecule has 0 fully saturated rings. The van der Waals surface area contributed by atoms with Crippen LogP contribution in [0.25, 0.3) is 0 Å². The molecular weight excluding hydrogens is 180 g/mol. The summed E-state index contributed by atoms with van der Waals surface area (Å²) in [5.74, 6) is -0.110. The first-order chi connectivity index (χ1) is 6.67. The molecule has 0 radical (unpaired) electrons. The van der Waals surface area contributed by atoms with Crippen molar-refractivity contribution in [2.75, 3.05) is 19.7 Å². The molecule has 0 aromatic carbocycles. The van der Waals surface area contributed by atoms with Gasteiger partial charge in [0.25, 0.3) is 0 Å². The zero-order valence-electron chi connectivity index (χ0n) is 8.78. The Bertz CT molecular complexity index is 183. The van der Waals surface area contributed by atoms with Gasteiger partial charge in [0.05, 0.1) is 12.6 Å². The summed E-state index contributed by atoms with van der Waals surface area (Å²) in [5, 5.41) is 8.75. The SMILES string of the molecule is C=CCN(CCO)C(=O)[C@@H](N)CCC. The first-order valence-corrected chi connectivity index (χ1v) is 4.93. The molecule has 4 nitrogen and oxygen atoms in total. The largest absolute Gasteiger partial charge is 0.395 e. The van der Waals surface area contributed by atoms with Gasteiger partial charge in [-0.25, -0.2) is 0 Å². The molecule has 14 heavy (non-hydrogen) atoms. The molecule has 0 aliphatic rings. The first-order valence-electron chi connectivity index (χ1n) is 4.93. The third-order valence-electron chi connectivity index (χ3n) is 1.95. The minimum atomic E-state index is -0.452. The van der Waals surface area contributed by atoms with Crippen LogP contribution >= 0.6 is 0 Å². The summed E-state index contributed by atoms with van der Waals surface area (Å²) in [7, 11) is 0. The van der Waals surface area contributed by atoms with Crippen LogP contribution in [0.5, 0.6) is 0 Å². The minimum absolute atomic E-state index is 0.0432. The molecule has 0 saturated heterocycles. The van der Waals surface area contributed by atoms with Crippen molar-refractivity contribution in [3.8, 4) is 0 Å². The number of aliphatic hydroxyl groups excluding tert-OH is 1. The van der Waals surface area contributed by atoms with E-state index in [1.165, 1.54) is 4.90 Å². The van der Waals surface area contributed by atoms with Crippen LogP contribution in [0.15, 0.2) is 12.7 Å². The molecule has 0 bridgehead atoms. The quantitative estimate of drug-likeness (QED) is 0.574. The summed E-state index contributed by atoms with van der Waals surface area (Å²) in [6.07, 6.45) is 3.19. The smallest absolute Gasteiger partial charge is 0.239 e. The van der Waals surface area contributed by atoms with Crippen LogP contribution in [-0.2, 0) is 4.79 Å². The van der Waals surface area contributed by atoms with Crippen LogP contribution in [0.3, 0.4) is 0 Å². The molecule has 1 amide bonds. The Labute approximate surface area is 85.4 Å². The Morgan fingerprint density at radius 1 is 1.71 bits per heavy atom. The lowest BCUT2D eigenvalue weighted by Gasteiger charge is -2.23. The van der Waals surface area contributed by atoms with Crippen LogP contribution < -0.4 is 5.73 Å². The number of nitrogens with zero attached hydrogens (tertiary/aromatic N) is 1. The van der Waals surface area contributed by atoms with Crippen LogP contribution in [0.4, 0.5) is 0 Å². The van der Waals surface area contributed by atoms with E-state index in [1.807, 2.05) is 6.92 Å². The summed E-state index contributed by atoms with van der Waals surface area (Å²) < 4.78 is 0. The van der Waals surface area contributed by atoms with Crippen molar-refractivity contribution >= 4 is 5.91 Å². The van der Waals surface area contributed by atoms with Crippen LogP contribution in [-0.4, -0.2) is 41.7 Å². The zero-order valence-corrected chi connectivity index (χ0v) is 8.78. The molecule has 4 heteroatoms. The molecule has 0 saturated carbocycles. The number of amides is 1. The lowest BCUT2D eigenvalue weighted by Crippen LogP contribution is -2.44. The molecule has 0 aromatic heterocycles. The Morgan fingerprint density at radius 2 is 2.36 bits per heavy atom. The molecule has 0 aromatic rings. The molecule has 1 atom stereocenters. The van der Waals surface area contributed by atoms with Gasteiger partial charge in [-0.3, -0.25) is 4.79 Å². The summed E-state index contributed by atoms with van der Waals surface area (Å²) in [5.41, 5.74) is 5.68. The van der Waals surface area contributed by atoms with Gasteiger partial charge in [0.2, 0.25) is 5.91 Å². The highest BCUT2D eigenvalue weighted by molar-refractivity contribution is 5.81. The fraction of sp³-hybridized carbons (Fsp3) is 0.700. The Kier molecular flexibility index (Phi) is 7.06. The van der Waals surface area contributed by atoms with E-state index in [1.54, 1.807) is 6.08 Å². The predicted molar refractivity (Wildman–Crippen MR) is 56.7 cm³/mol. The number of aliphatic hydroxyl groups is 1. The summed E-state index contributed by atoms with van der Waals surface area (Å²) in [4.78, 5) is 13.2. The van der Waals surface area contributed by atoms with Crippen molar-refractivity contribution in [1.82, 2.24) is 4.90 Å². The third kappa shape index (κ3) is 4.39. The topological polar surface area (TPSA) is 66.6 Å². The van der Waals surface area contributed by atoms with Gasteiger partial charge in [-0.15, -0.1) is 6.58 Å². The van der Waals surface area contributed by atoms with Crippen LogP contribution in [0.2, 0.25) is 0 Å². The molecule has 0 spiro atoms. The van der Waals surface area contributed by atoms with Gasteiger partial charge in [0, 0.05) is 13.1 Å². The lowest BCUT2D eigenvalue weighted by atomic mass is 10.1. The average molecular weight is 200 g/mol.